The van der Waals surface area contributed by atoms with Crippen LogP contribution >= 0.6 is 27.5 Å². The molecule has 0 fully saturated rings. The summed E-state index contributed by atoms with van der Waals surface area (Å²) in [4.78, 5) is 4.44. The molecule has 1 atom stereocenters. The summed E-state index contributed by atoms with van der Waals surface area (Å²) in [5, 5.41) is 10.5. The Morgan fingerprint density at radius 3 is 2.63 bits per heavy atom. The summed E-state index contributed by atoms with van der Waals surface area (Å²) >= 11 is 9.20. The monoisotopic (exact) mass is 337 g/mol. The first-order valence-electron chi connectivity index (χ1n) is 5.84. The summed E-state index contributed by atoms with van der Waals surface area (Å²) in [5.74, 6) is 0.147. The van der Waals surface area contributed by atoms with Gasteiger partial charge in [-0.05, 0) is 40.5 Å². The first-order valence-corrected chi connectivity index (χ1v) is 7.01. The molecule has 0 saturated heterocycles. The molecule has 2 aromatic rings. The fourth-order valence-corrected chi connectivity index (χ4v) is 2.53. The Labute approximate surface area is 125 Å². The van der Waals surface area contributed by atoms with Crippen LogP contribution in [0.2, 0.25) is 5.02 Å². The van der Waals surface area contributed by atoms with Crippen molar-refractivity contribution in [3.63, 3.8) is 0 Å². The van der Waals surface area contributed by atoms with Crippen molar-refractivity contribution < 1.29 is 5.11 Å². The zero-order chi connectivity index (χ0) is 13.8. The fraction of sp³-hybridized carbons (Fsp3) is 0.133. The SMILES string of the molecule is C[C@@H](N=Cc1cc(Cl)cc(Br)c1O)c1ccccc1. The molecule has 19 heavy (non-hydrogen) atoms. The summed E-state index contributed by atoms with van der Waals surface area (Å²) < 4.78 is 0.564. The van der Waals surface area contributed by atoms with E-state index in [0.29, 0.717) is 15.1 Å². The smallest absolute Gasteiger partial charge is 0.138 e. The van der Waals surface area contributed by atoms with Crippen LogP contribution < -0.4 is 0 Å². The Morgan fingerprint density at radius 2 is 1.95 bits per heavy atom. The highest BCUT2D eigenvalue weighted by atomic mass is 79.9. The highest BCUT2D eigenvalue weighted by Gasteiger charge is 2.06. The molecular weight excluding hydrogens is 326 g/mol. The lowest BCUT2D eigenvalue weighted by Crippen LogP contribution is -1.91. The summed E-state index contributed by atoms with van der Waals surface area (Å²) in [6.07, 6.45) is 1.64. The van der Waals surface area contributed by atoms with Gasteiger partial charge in [0.25, 0.3) is 0 Å². The van der Waals surface area contributed by atoms with Crippen LogP contribution in [-0.4, -0.2) is 11.3 Å². The van der Waals surface area contributed by atoms with Crippen LogP contribution in [0.3, 0.4) is 0 Å². The molecule has 0 heterocycles. The third kappa shape index (κ3) is 3.58. The van der Waals surface area contributed by atoms with Crippen molar-refractivity contribution in [1.29, 1.82) is 0 Å². The fourth-order valence-electron chi connectivity index (χ4n) is 1.69. The molecule has 1 N–H and O–H groups in total. The summed E-state index contributed by atoms with van der Waals surface area (Å²) in [5.41, 5.74) is 1.72. The van der Waals surface area contributed by atoms with Crippen LogP contribution in [-0.2, 0) is 0 Å². The van der Waals surface area contributed by atoms with Gasteiger partial charge in [0.05, 0.1) is 10.5 Å². The Balaban J connectivity index is 2.24. The Bertz CT molecular complexity index is 599. The van der Waals surface area contributed by atoms with Gasteiger partial charge in [-0.25, -0.2) is 0 Å². The lowest BCUT2D eigenvalue weighted by atomic mass is 10.1. The number of rotatable bonds is 3. The number of nitrogens with zero attached hydrogens (tertiary/aromatic N) is 1. The molecule has 0 bridgehead atoms. The molecule has 0 saturated carbocycles. The molecule has 2 aromatic carbocycles. The van der Waals surface area contributed by atoms with Crippen molar-refractivity contribution in [2.75, 3.05) is 0 Å². The molecule has 0 aromatic heterocycles. The van der Waals surface area contributed by atoms with Gasteiger partial charge in [0.15, 0.2) is 0 Å². The maximum atomic E-state index is 9.91. The molecular formula is C15H13BrClNO. The van der Waals surface area contributed by atoms with E-state index in [2.05, 4.69) is 20.9 Å². The van der Waals surface area contributed by atoms with Crippen molar-refractivity contribution in [2.24, 2.45) is 4.99 Å². The van der Waals surface area contributed by atoms with Gasteiger partial charge < -0.3 is 5.11 Å². The third-order valence-electron chi connectivity index (χ3n) is 2.78. The number of hydrogen-bond donors (Lipinski definition) is 1. The van der Waals surface area contributed by atoms with E-state index in [1.54, 1.807) is 18.3 Å². The minimum atomic E-state index is 0.0263. The van der Waals surface area contributed by atoms with Gasteiger partial charge in [-0.1, -0.05) is 41.9 Å². The van der Waals surface area contributed by atoms with E-state index in [4.69, 9.17) is 11.6 Å². The van der Waals surface area contributed by atoms with E-state index in [1.807, 2.05) is 37.3 Å². The number of hydrogen-bond acceptors (Lipinski definition) is 2. The minimum absolute atomic E-state index is 0.0263. The van der Waals surface area contributed by atoms with E-state index >= 15 is 0 Å². The van der Waals surface area contributed by atoms with E-state index in [9.17, 15) is 5.11 Å². The number of aromatic hydroxyl groups is 1. The molecule has 0 spiro atoms. The van der Waals surface area contributed by atoms with E-state index in [0.717, 1.165) is 5.56 Å². The molecule has 4 heteroatoms. The summed E-state index contributed by atoms with van der Waals surface area (Å²) in [7, 11) is 0. The van der Waals surface area contributed by atoms with Gasteiger partial charge in [-0.3, -0.25) is 4.99 Å². The Morgan fingerprint density at radius 1 is 1.26 bits per heavy atom. The molecule has 2 rings (SSSR count). The average molecular weight is 339 g/mol. The second-order valence-corrected chi connectivity index (χ2v) is 5.48. The zero-order valence-corrected chi connectivity index (χ0v) is 12.7. The zero-order valence-electron chi connectivity index (χ0n) is 10.3. The van der Waals surface area contributed by atoms with Crippen molar-refractivity contribution in [3.8, 4) is 5.75 Å². The second kappa shape index (κ2) is 6.22. The van der Waals surface area contributed by atoms with Gasteiger partial charge in [-0.15, -0.1) is 0 Å². The highest BCUT2D eigenvalue weighted by molar-refractivity contribution is 9.10. The molecule has 0 aliphatic carbocycles. The normalized spacial score (nSPS) is 12.8. The molecule has 98 valence electrons. The van der Waals surface area contributed by atoms with Gasteiger partial charge in [-0.2, -0.15) is 0 Å². The van der Waals surface area contributed by atoms with Gasteiger partial charge >= 0.3 is 0 Å². The largest absolute Gasteiger partial charge is 0.506 e. The van der Waals surface area contributed by atoms with Crippen LogP contribution in [0.4, 0.5) is 0 Å². The molecule has 0 amide bonds. The van der Waals surface area contributed by atoms with Crippen LogP contribution in [0.15, 0.2) is 51.9 Å². The first kappa shape index (κ1) is 14.1. The molecule has 0 radical (unpaired) electrons. The Hall–Kier alpha value is -1.32. The lowest BCUT2D eigenvalue weighted by molar-refractivity contribution is 0.471. The molecule has 2 nitrogen and oxygen atoms in total. The van der Waals surface area contributed by atoms with E-state index in [-0.39, 0.29) is 11.8 Å². The number of halogens is 2. The summed E-state index contributed by atoms with van der Waals surface area (Å²) in [6.45, 7) is 2.00. The minimum Gasteiger partial charge on any atom is -0.506 e. The van der Waals surface area contributed by atoms with E-state index in [1.165, 1.54) is 0 Å². The molecule has 0 aliphatic heterocycles. The van der Waals surface area contributed by atoms with Gasteiger partial charge in [0, 0.05) is 16.8 Å². The average Bonchev–Trinajstić information content (AvgIpc) is 2.41. The first-order chi connectivity index (χ1) is 9.08. The predicted octanol–water partition coefficient (Wildman–Crippen LogP) is 4.99. The van der Waals surface area contributed by atoms with E-state index < -0.39 is 0 Å². The van der Waals surface area contributed by atoms with Crippen LogP contribution in [0, 0.1) is 0 Å². The molecule has 0 unspecified atom stereocenters. The molecule has 0 aliphatic rings. The number of phenolic OH excluding ortho intramolecular Hbond substituents is 1. The van der Waals surface area contributed by atoms with Crippen LogP contribution in [0.5, 0.6) is 5.75 Å². The third-order valence-corrected chi connectivity index (χ3v) is 3.60. The maximum Gasteiger partial charge on any atom is 0.138 e. The van der Waals surface area contributed by atoms with Crippen molar-refractivity contribution in [3.05, 3.63) is 63.1 Å². The predicted molar refractivity (Wildman–Crippen MR) is 83.3 cm³/mol. The van der Waals surface area contributed by atoms with Crippen LogP contribution in [0.1, 0.15) is 24.1 Å². The van der Waals surface area contributed by atoms with Crippen molar-refractivity contribution in [1.82, 2.24) is 0 Å². The maximum absolute atomic E-state index is 9.91. The number of aliphatic imine (C=N–C) groups is 1. The lowest BCUT2D eigenvalue weighted by Gasteiger charge is -2.07. The topological polar surface area (TPSA) is 32.6 Å². The second-order valence-electron chi connectivity index (χ2n) is 4.19. The Kier molecular flexibility index (Phi) is 4.61. The van der Waals surface area contributed by atoms with Gasteiger partial charge in [0.2, 0.25) is 0 Å². The van der Waals surface area contributed by atoms with Gasteiger partial charge in [0.1, 0.15) is 5.75 Å². The van der Waals surface area contributed by atoms with Crippen molar-refractivity contribution in [2.45, 2.75) is 13.0 Å². The number of phenols is 1. The standard InChI is InChI=1S/C15H13BrClNO/c1-10(11-5-3-2-4-6-11)18-9-12-7-13(17)8-14(16)15(12)19/h2-10,19H,1H3/t10-/m1/s1. The van der Waals surface area contributed by atoms with Crippen molar-refractivity contribution >= 4 is 33.7 Å². The summed E-state index contributed by atoms with van der Waals surface area (Å²) in [6, 6.07) is 13.3. The highest BCUT2D eigenvalue weighted by Crippen LogP contribution is 2.30. The quantitative estimate of drug-likeness (QED) is 0.786. The van der Waals surface area contributed by atoms with Crippen LogP contribution in [0.25, 0.3) is 0 Å². The number of benzene rings is 2.